The van der Waals surface area contributed by atoms with Crippen molar-refractivity contribution in [3.63, 3.8) is 0 Å². The van der Waals surface area contributed by atoms with Gasteiger partial charge in [0.05, 0.1) is 0 Å². The van der Waals surface area contributed by atoms with Gasteiger partial charge >= 0.3 is 0 Å². The molecular weight excluding hydrogens is 252 g/mol. The number of rotatable bonds is 6. The zero-order valence-corrected chi connectivity index (χ0v) is 13.2. The minimum Gasteiger partial charge on any atom is -0.342 e. The smallest absolute Gasteiger partial charge is 0.246 e. The molecule has 0 aromatic rings. The Kier molecular flexibility index (Phi) is 4.71. The molecule has 1 heterocycles. The highest BCUT2D eigenvalue weighted by molar-refractivity contribution is 5.97. The fraction of sp³-hybridized carbons (Fsp3) is 0.875. The standard InChI is InChI=1S/C16H28N2O2/c1-5-10(4)14-15(19)17-13(11-8-9-11)16(20)18(14)12(6-2)7-3/h10-14H,5-9H2,1-4H3,(H,17,19). The fourth-order valence-corrected chi connectivity index (χ4v) is 3.32. The van der Waals surface area contributed by atoms with E-state index in [1.807, 2.05) is 4.90 Å². The predicted molar refractivity (Wildman–Crippen MR) is 79.1 cm³/mol. The molecule has 1 N–H and O–H groups in total. The van der Waals surface area contributed by atoms with Crippen molar-refractivity contribution in [1.82, 2.24) is 10.2 Å². The molecule has 2 rings (SSSR count). The molecule has 2 amide bonds. The summed E-state index contributed by atoms with van der Waals surface area (Å²) >= 11 is 0. The lowest BCUT2D eigenvalue weighted by atomic mass is 9.90. The number of piperazine rings is 1. The molecular formula is C16H28N2O2. The van der Waals surface area contributed by atoms with Gasteiger partial charge in [-0.05, 0) is 37.5 Å². The molecule has 2 fully saturated rings. The lowest BCUT2D eigenvalue weighted by molar-refractivity contribution is -0.155. The van der Waals surface area contributed by atoms with E-state index in [1.54, 1.807) is 0 Å². The molecule has 3 unspecified atom stereocenters. The zero-order chi connectivity index (χ0) is 14.9. The number of nitrogens with one attached hydrogen (secondary N) is 1. The van der Waals surface area contributed by atoms with Crippen LogP contribution in [0.15, 0.2) is 0 Å². The minimum atomic E-state index is -0.285. The van der Waals surface area contributed by atoms with Crippen LogP contribution < -0.4 is 5.32 Å². The monoisotopic (exact) mass is 280 g/mol. The molecule has 3 atom stereocenters. The Morgan fingerprint density at radius 2 is 1.75 bits per heavy atom. The maximum absolute atomic E-state index is 12.9. The number of hydrogen-bond acceptors (Lipinski definition) is 2. The number of carbonyl (C=O) groups is 2. The first-order valence-corrected chi connectivity index (χ1v) is 8.17. The van der Waals surface area contributed by atoms with Gasteiger partial charge in [0.15, 0.2) is 0 Å². The summed E-state index contributed by atoms with van der Waals surface area (Å²) in [4.78, 5) is 27.3. The second-order valence-corrected chi connectivity index (χ2v) is 6.37. The van der Waals surface area contributed by atoms with Crippen LogP contribution in [0.25, 0.3) is 0 Å². The van der Waals surface area contributed by atoms with Crippen molar-refractivity contribution in [3.05, 3.63) is 0 Å². The summed E-state index contributed by atoms with van der Waals surface area (Å²) in [6.07, 6.45) is 4.89. The molecule has 114 valence electrons. The summed E-state index contributed by atoms with van der Waals surface area (Å²) < 4.78 is 0. The van der Waals surface area contributed by atoms with Crippen LogP contribution in [0.4, 0.5) is 0 Å². The van der Waals surface area contributed by atoms with Crippen molar-refractivity contribution >= 4 is 11.8 Å². The molecule has 0 bridgehead atoms. The van der Waals surface area contributed by atoms with Gasteiger partial charge in [0, 0.05) is 6.04 Å². The Balaban J connectivity index is 2.29. The Bertz CT molecular complexity index is 375. The van der Waals surface area contributed by atoms with Gasteiger partial charge in [0.25, 0.3) is 0 Å². The molecule has 20 heavy (non-hydrogen) atoms. The molecule has 1 aliphatic heterocycles. The molecule has 4 heteroatoms. The molecule has 0 aromatic heterocycles. The molecule has 1 saturated carbocycles. The Hall–Kier alpha value is -1.06. The minimum absolute atomic E-state index is 0.0581. The fourth-order valence-electron chi connectivity index (χ4n) is 3.32. The van der Waals surface area contributed by atoms with E-state index in [4.69, 9.17) is 0 Å². The summed E-state index contributed by atoms with van der Waals surface area (Å²) in [6, 6.07) is -0.357. The van der Waals surface area contributed by atoms with Crippen LogP contribution >= 0.6 is 0 Å². The Morgan fingerprint density at radius 1 is 1.15 bits per heavy atom. The average Bonchev–Trinajstić information content (AvgIpc) is 3.27. The van der Waals surface area contributed by atoms with Crippen molar-refractivity contribution in [3.8, 4) is 0 Å². The van der Waals surface area contributed by atoms with Gasteiger partial charge in [0.2, 0.25) is 11.8 Å². The molecule has 0 radical (unpaired) electrons. The predicted octanol–water partition coefficient (Wildman–Crippen LogP) is 2.33. The van der Waals surface area contributed by atoms with E-state index in [1.165, 1.54) is 0 Å². The van der Waals surface area contributed by atoms with Gasteiger partial charge in [0.1, 0.15) is 12.1 Å². The maximum atomic E-state index is 12.9. The first-order valence-electron chi connectivity index (χ1n) is 8.17. The van der Waals surface area contributed by atoms with Crippen molar-refractivity contribution < 1.29 is 9.59 Å². The highest BCUT2D eigenvalue weighted by atomic mass is 16.2. The molecule has 0 spiro atoms. The van der Waals surface area contributed by atoms with Gasteiger partial charge in [-0.3, -0.25) is 9.59 Å². The molecule has 4 nitrogen and oxygen atoms in total. The number of amides is 2. The molecule has 0 aromatic carbocycles. The molecule has 2 aliphatic rings. The van der Waals surface area contributed by atoms with Gasteiger partial charge in [-0.25, -0.2) is 0 Å². The van der Waals surface area contributed by atoms with E-state index >= 15 is 0 Å². The van der Waals surface area contributed by atoms with Crippen LogP contribution in [0.2, 0.25) is 0 Å². The van der Waals surface area contributed by atoms with E-state index in [-0.39, 0.29) is 35.9 Å². The zero-order valence-electron chi connectivity index (χ0n) is 13.2. The van der Waals surface area contributed by atoms with E-state index in [9.17, 15) is 9.59 Å². The molecule has 1 saturated heterocycles. The lowest BCUT2D eigenvalue weighted by Gasteiger charge is -2.45. The largest absolute Gasteiger partial charge is 0.342 e. The topological polar surface area (TPSA) is 49.4 Å². The Labute approximate surface area is 122 Å². The third kappa shape index (κ3) is 2.70. The SMILES string of the molecule is CCC(C)C1C(=O)NC(C2CC2)C(=O)N1C(CC)CC. The van der Waals surface area contributed by atoms with Crippen LogP contribution in [0.1, 0.15) is 59.8 Å². The summed E-state index contributed by atoms with van der Waals surface area (Å²) in [5.74, 6) is 0.801. The first-order chi connectivity index (χ1) is 9.54. The van der Waals surface area contributed by atoms with E-state index in [0.29, 0.717) is 5.92 Å². The normalized spacial score (nSPS) is 28.8. The number of nitrogens with zero attached hydrogens (tertiary/aromatic N) is 1. The van der Waals surface area contributed by atoms with Crippen LogP contribution in [0.5, 0.6) is 0 Å². The highest BCUT2D eigenvalue weighted by Crippen LogP contribution is 2.37. The van der Waals surface area contributed by atoms with Gasteiger partial charge in [-0.15, -0.1) is 0 Å². The summed E-state index contributed by atoms with van der Waals surface area (Å²) in [6.45, 7) is 8.37. The summed E-state index contributed by atoms with van der Waals surface area (Å²) in [5, 5.41) is 3.00. The van der Waals surface area contributed by atoms with Crippen LogP contribution in [-0.4, -0.2) is 34.8 Å². The third-order valence-corrected chi connectivity index (χ3v) is 5.00. The highest BCUT2D eigenvalue weighted by Gasteiger charge is 2.49. The molecule has 1 aliphatic carbocycles. The number of carbonyl (C=O) groups excluding carboxylic acids is 2. The second-order valence-electron chi connectivity index (χ2n) is 6.37. The van der Waals surface area contributed by atoms with Crippen LogP contribution in [0.3, 0.4) is 0 Å². The van der Waals surface area contributed by atoms with E-state index in [2.05, 4.69) is 33.0 Å². The van der Waals surface area contributed by atoms with Crippen molar-refractivity contribution in [1.29, 1.82) is 0 Å². The van der Waals surface area contributed by atoms with E-state index < -0.39 is 0 Å². The number of hydrogen-bond donors (Lipinski definition) is 1. The second kappa shape index (κ2) is 6.15. The van der Waals surface area contributed by atoms with Crippen LogP contribution in [0, 0.1) is 11.8 Å². The lowest BCUT2D eigenvalue weighted by Crippen LogP contribution is -2.67. The van der Waals surface area contributed by atoms with Crippen molar-refractivity contribution in [2.45, 2.75) is 77.9 Å². The Morgan fingerprint density at radius 3 is 2.20 bits per heavy atom. The average molecular weight is 280 g/mol. The van der Waals surface area contributed by atoms with Gasteiger partial charge < -0.3 is 10.2 Å². The summed E-state index contributed by atoms with van der Waals surface area (Å²) in [7, 11) is 0. The maximum Gasteiger partial charge on any atom is 0.246 e. The summed E-state index contributed by atoms with van der Waals surface area (Å²) in [5.41, 5.74) is 0. The first kappa shape index (κ1) is 15.3. The third-order valence-electron chi connectivity index (χ3n) is 5.00. The van der Waals surface area contributed by atoms with E-state index in [0.717, 1.165) is 32.1 Å². The van der Waals surface area contributed by atoms with Gasteiger partial charge in [-0.1, -0.05) is 34.1 Å². The van der Waals surface area contributed by atoms with Gasteiger partial charge in [-0.2, -0.15) is 0 Å². The van der Waals surface area contributed by atoms with Crippen LogP contribution in [-0.2, 0) is 9.59 Å². The quantitative estimate of drug-likeness (QED) is 0.812. The van der Waals surface area contributed by atoms with Crippen molar-refractivity contribution in [2.75, 3.05) is 0 Å². The van der Waals surface area contributed by atoms with Crippen molar-refractivity contribution in [2.24, 2.45) is 11.8 Å².